The summed E-state index contributed by atoms with van der Waals surface area (Å²) in [7, 11) is 0. The molecule has 1 amide bonds. The van der Waals surface area contributed by atoms with Crippen LogP contribution in [0.15, 0.2) is 28.7 Å². The summed E-state index contributed by atoms with van der Waals surface area (Å²) >= 11 is 11.2. The van der Waals surface area contributed by atoms with Crippen molar-refractivity contribution in [2.45, 2.75) is 25.6 Å². The van der Waals surface area contributed by atoms with Crippen LogP contribution in [-0.4, -0.2) is 64.4 Å². The molecule has 2 aliphatic rings. The molecule has 3 heterocycles. The second kappa shape index (κ2) is 8.10. The molecule has 9 heteroatoms. The second-order valence-electron chi connectivity index (χ2n) is 6.77. The lowest BCUT2D eigenvalue weighted by Gasteiger charge is -2.35. The van der Waals surface area contributed by atoms with E-state index in [0.717, 1.165) is 31.5 Å². The van der Waals surface area contributed by atoms with Crippen LogP contribution >= 0.6 is 23.8 Å². The monoisotopic (exact) mass is 408 g/mol. The van der Waals surface area contributed by atoms with Gasteiger partial charge in [-0.15, -0.1) is 5.10 Å². The number of amides is 1. The summed E-state index contributed by atoms with van der Waals surface area (Å²) in [4.78, 5) is 16.9. The smallest absolute Gasteiger partial charge is 0.288 e. The number of hydrogen-bond acceptors (Lipinski definition) is 6. The molecule has 1 aromatic carbocycles. The fourth-order valence-corrected chi connectivity index (χ4v) is 3.68. The quantitative estimate of drug-likeness (QED) is 0.725. The Kier molecular flexibility index (Phi) is 5.58. The average molecular weight is 409 g/mol. The highest BCUT2D eigenvalue weighted by molar-refractivity contribution is 7.71. The van der Waals surface area contributed by atoms with Crippen molar-refractivity contribution >= 4 is 29.7 Å². The van der Waals surface area contributed by atoms with E-state index in [-0.39, 0.29) is 12.0 Å². The molecule has 1 aromatic heterocycles. The number of hydrogen-bond donors (Lipinski definition) is 0. The minimum Gasteiger partial charge on any atom is -0.409 e. The van der Waals surface area contributed by atoms with Crippen molar-refractivity contribution < 1.29 is 13.9 Å². The average Bonchev–Trinajstić information content (AvgIpc) is 3.33. The van der Waals surface area contributed by atoms with E-state index in [2.05, 4.69) is 10.00 Å². The fraction of sp³-hybridized carbons (Fsp3) is 0.500. The molecule has 0 saturated carbocycles. The van der Waals surface area contributed by atoms with Crippen molar-refractivity contribution in [3.05, 3.63) is 34.1 Å². The number of benzene rings is 1. The lowest BCUT2D eigenvalue weighted by molar-refractivity contribution is -0.142. The molecule has 2 aliphatic heterocycles. The summed E-state index contributed by atoms with van der Waals surface area (Å²) in [6.07, 6.45) is 1.56. The summed E-state index contributed by atoms with van der Waals surface area (Å²) in [6, 6.07) is 7.28. The van der Waals surface area contributed by atoms with E-state index >= 15 is 0 Å². The predicted molar refractivity (Wildman–Crippen MR) is 103 cm³/mol. The molecule has 4 rings (SSSR count). The maximum absolute atomic E-state index is 12.4. The van der Waals surface area contributed by atoms with Gasteiger partial charge < -0.3 is 14.1 Å². The van der Waals surface area contributed by atoms with Crippen LogP contribution in [0.1, 0.15) is 12.8 Å². The molecule has 1 atom stereocenters. The van der Waals surface area contributed by atoms with Gasteiger partial charge in [0.15, 0.2) is 0 Å². The van der Waals surface area contributed by atoms with Crippen LogP contribution in [0.25, 0.3) is 11.5 Å². The molecular formula is C18H21ClN4O3S. The van der Waals surface area contributed by atoms with Crippen molar-refractivity contribution in [2.75, 3.05) is 32.8 Å². The van der Waals surface area contributed by atoms with Crippen LogP contribution in [-0.2, 0) is 16.2 Å². The van der Waals surface area contributed by atoms with Gasteiger partial charge in [0.2, 0.25) is 5.89 Å². The van der Waals surface area contributed by atoms with E-state index in [1.165, 1.54) is 0 Å². The number of carbonyl (C=O) groups is 1. The number of halogens is 1. The van der Waals surface area contributed by atoms with Crippen molar-refractivity contribution in [3.63, 3.8) is 0 Å². The molecule has 1 unspecified atom stereocenters. The van der Waals surface area contributed by atoms with Gasteiger partial charge in [-0.2, -0.15) is 0 Å². The Morgan fingerprint density at radius 1 is 1.22 bits per heavy atom. The highest BCUT2D eigenvalue weighted by Gasteiger charge is 2.30. The fourth-order valence-electron chi connectivity index (χ4n) is 3.38. The van der Waals surface area contributed by atoms with Gasteiger partial charge in [0.1, 0.15) is 6.10 Å². The largest absolute Gasteiger partial charge is 0.409 e. The number of nitrogens with zero attached hydrogens (tertiary/aromatic N) is 4. The topological polar surface area (TPSA) is 63.7 Å². The summed E-state index contributed by atoms with van der Waals surface area (Å²) in [6.45, 7) is 4.14. The molecule has 2 fully saturated rings. The molecule has 2 saturated heterocycles. The summed E-state index contributed by atoms with van der Waals surface area (Å²) in [5.41, 5.74) is 0.830. The summed E-state index contributed by atoms with van der Waals surface area (Å²) < 4.78 is 12.8. The second-order valence-corrected chi connectivity index (χ2v) is 7.55. The Hall–Kier alpha value is -1.74. The van der Waals surface area contributed by atoms with Crippen LogP contribution < -0.4 is 0 Å². The van der Waals surface area contributed by atoms with Gasteiger partial charge in [-0.25, -0.2) is 4.68 Å². The van der Waals surface area contributed by atoms with E-state index in [1.54, 1.807) is 16.8 Å². The third-order valence-corrected chi connectivity index (χ3v) is 5.47. The Labute approximate surface area is 167 Å². The van der Waals surface area contributed by atoms with Gasteiger partial charge in [-0.05, 0) is 49.3 Å². The first-order valence-corrected chi connectivity index (χ1v) is 9.85. The lowest BCUT2D eigenvalue weighted by Crippen LogP contribution is -2.51. The lowest BCUT2D eigenvalue weighted by atomic mass is 10.2. The van der Waals surface area contributed by atoms with E-state index in [4.69, 9.17) is 33.0 Å². The Balaban J connectivity index is 1.36. The van der Waals surface area contributed by atoms with Crippen LogP contribution in [0.3, 0.4) is 0 Å². The number of aromatic nitrogens is 2. The van der Waals surface area contributed by atoms with Crippen molar-refractivity contribution in [1.29, 1.82) is 0 Å². The van der Waals surface area contributed by atoms with Gasteiger partial charge >= 0.3 is 0 Å². The van der Waals surface area contributed by atoms with Crippen molar-refractivity contribution in [2.24, 2.45) is 0 Å². The third kappa shape index (κ3) is 4.24. The minimum absolute atomic E-state index is 0.121. The van der Waals surface area contributed by atoms with Crippen molar-refractivity contribution in [3.8, 4) is 11.5 Å². The Morgan fingerprint density at radius 3 is 2.63 bits per heavy atom. The molecule has 2 aromatic rings. The molecule has 0 bridgehead atoms. The van der Waals surface area contributed by atoms with Gasteiger partial charge in [0.25, 0.3) is 10.7 Å². The Bertz CT molecular complexity index is 852. The van der Waals surface area contributed by atoms with Crippen LogP contribution in [0.2, 0.25) is 5.02 Å². The standard InChI is InChI=1S/C18H21ClN4O3S/c19-14-5-3-13(4-6-14)16-20-23(18(27)26-16)12-21-7-9-22(10-8-21)17(24)15-2-1-11-25-15/h3-6,15H,1-2,7-12H2. The first-order valence-electron chi connectivity index (χ1n) is 9.07. The SMILES string of the molecule is O=C(C1CCCO1)N1CCN(Cn2nc(-c3ccc(Cl)cc3)oc2=S)CC1. The highest BCUT2D eigenvalue weighted by Crippen LogP contribution is 2.21. The zero-order chi connectivity index (χ0) is 18.8. The summed E-state index contributed by atoms with van der Waals surface area (Å²) in [5, 5.41) is 5.14. The zero-order valence-electron chi connectivity index (χ0n) is 14.8. The normalized spacial score (nSPS) is 20.9. The van der Waals surface area contributed by atoms with Gasteiger partial charge in [0, 0.05) is 43.4 Å². The van der Waals surface area contributed by atoms with Crippen LogP contribution in [0.4, 0.5) is 0 Å². The molecule has 0 spiro atoms. The van der Waals surface area contributed by atoms with E-state index in [0.29, 0.717) is 42.1 Å². The van der Waals surface area contributed by atoms with E-state index < -0.39 is 0 Å². The number of carbonyl (C=O) groups excluding carboxylic acids is 1. The molecular weight excluding hydrogens is 388 g/mol. The zero-order valence-corrected chi connectivity index (χ0v) is 16.4. The molecule has 7 nitrogen and oxygen atoms in total. The summed E-state index contributed by atoms with van der Waals surface area (Å²) in [5.74, 6) is 0.596. The molecule has 144 valence electrons. The van der Waals surface area contributed by atoms with Crippen LogP contribution in [0.5, 0.6) is 0 Å². The van der Waals surface area contributed by atoms with Gasteiger partial charge in [-0.3, -0.25) is 9.69 Å². The Morgan fingerprint density at radius 2 is 1.96 bits per heavy atom. The van der Waals surface area contributed by atoms with Gasteiger partial charge in [-0.1, -0.05) is 11.6 Å². The predicted octanol–water partition coefficient (Wildman–Crippen LogP) is 2.81. The first kappa shape index (κ1) is 18.6. The van der Waals surface area contributed by atoms with E-state index in [1.807, 2.05) is 17.0 Å². The number of rotatable bonds is 4. The van der Waals surface area contributed by atoms with Crippen molar-refractivity contribution in [1.82, 2.24) is 19.6 Å². The number of piperazine rings is 1. The van der Waals surface area contributed by atoms with Crippen LogP contribution in [0, 0.1) is 4.84 Å². The maximum atomic E-state index is 12.4. The molecule has 27 heavy (non-hydrogen) atoms. The maximum Gasteiger partial charge on any atom is 0.288 e. The first-order chi connectivity index (χ1) is 13.1. The third-order valence-electron chi connectivity index (χ3n) is 4.92. The minimum atomic E-state index is -0.248. The van der Waals surface area contributed by atoms with E-state index in [9.17, 15) is 4.79 Å². The molecule has 0 N–H and O–H groups in total. The number of ether oxygens (including phenoxy) is 1. The molecule has 0 aliphatic carbocycles. The highest BCUT2D eigenvalue weighted by atomic mass is 35.5. The van der Waals surface area contributed by atoms with Gasteiger partial charge in [0.05, 0.1) is 6.67 Å². The molecule has 0 radical (unpaired) electrons.